The van der Waals surface area contributed by atoms with Gasteiger partial charge in [0.25, 0.3) is 0 Å². The van der Waals surface area contributed by atoms with E-state index in [-0.39, 0.29) is 12.1 Å². The predicted molar refractivity (Wildman–Crippen MR) is 123 cm³/mol. The second-order valence-corrected chi connectivity index (χ2v) is 8.54. The summed E-state index contributed by atoms with van der Waals surface area (Å²) in [5.74, 6) is 1.67. The van der Waals surface area contributed by atoms with Gasteiger partial charge in [-0.15, -0.1) is 5.10 Å². The van der Waals surface area contributed by atoms with Crippen molar-refractivity contribution in [3.63, 3.8) is 0 Å². The minimum atomic E-state index is 0.150. The Labute approximate surface area is 186 Å². The number of benzene rings is 1. The number of nitrogens with zero attached hydrogens (tertiary/aromatic N) is 5. The molecule has 5 rings (SSSR count). The number of anilines is 1. The third kappa shape index (κ3) is 4.29. The first kappa shape index (κ1) is 20.4. The zero-order chi connectivity index (χ0) is 22.1. The normalized spacial score (nSPS) is 17.2. The van der Waals surface area contributed by atoms with E-state index in [1.807, 2.05) is 44.3 Å². The van der Waals surface area contributed by atoms with E-state index in [1.165, 1.54) is 0 Å². The van der Waals surface area contributed by atoms with E-state index in [1.54, 1.807) is 6.20 Å². The van der Waals surface area contributed by atoms with Crippen molar-refractivity contribution in [1.82, 2.24) is 30.0 Å². The highest BCUT2D eigenvalue weighted by molar-refractivity contribution is 5.96. The van der Waals surface area contributed by atoms with E-state index >= 15 is 0 Å². The maximum atomic E-state index is 6.16. The molecule has 0 spiro atoms. The van der Waals surface area contributed by atoms with Gasteiger partial charge in [0, 0.05) is 53.1 Å². The smallest absolute Gasteiger partial charge is 0.315 e. The van der Waals surface area contributed by atoms with Crippen molar-refractivity contribution in [1.29, 1.82) is 0 Å². The lowest BCUT2D eigenvalue weighted by molar-refractivity contribution is 0.1000. The quantitative estimate of drug-likeness (QED) is 0.471. The molecule has 1 aliphatic rings. The van der Waals surface area contributed by atoms with E-state index < -0.39 is 0 Å². The van der Waals surface area contributed by atoms with Crippen LogP contribution in [-0.2, 0) is 0 Å². The van der Waals surface area contributed by atoms with Gasteiger partial charge in [0.2, 0.25) is 11.8 Å². The van der Waals surface area contributed by atoms with Gasteiger partial charge in [0.15, 0.2) is 5.82 Å². The average Bonchev–Trinajstić information content (AvgIpc) is 3.40. The van der Waals surface area contributed by atoms with Gasteiger partial charge >= 0.3 is 6.01 Å². The first-order valence-corrected chi connectivity index (χ1v) is 11.0. The molecule has 0 aliphatic carbocycles. The molecule has 166 valence electrons. The number of likely N-dealkylation sites (N-methyl/N-ethyl adjacent to an activating group) is 1. The predicted octanol–water partition coefficient (Wildman–Crippen LogP) is 3.97. The monoisotopic (exact) mass is 433 g/mol. The molecule has 0 radical (unpaired) electrons. The first-order valence-electron chi connectivity index (χ1n) is 11.0. The van der Waals surface area contributed by atoms with Gasteiger partial charge < -0.3 is 24.4 Å². The van der Waals surface area contributed by atoms with Gasteiger partial charge in [-0.3, -0.25) is 0 Å². The number of hydrogen-bond acceptors (Lipinski definition) is 8. The highest BCUT2D eigenvalue weighted by Crippen LogP contribution is 2.31. The van der Waals surface area contributed by atoms with E-state index in [0.717, 1.165) is 48.0 Å². The summed E-state index contributed by atoms with van der Waals surface area (Å²) in [5, 5.41) is 12.4. The standard InChI is InChI=1S/C23H27N7O2/c1-14(2)26-23-29-28-22(32-23)15-6-7-19-17(11-15)18(12-25-19)21-24-9-8-20(27-21)31-16-5-4-10-30(3)13-16/h6-9,11-12,14,16,25H,4-5,10,13H2,1-3H3,(H,26,29). The number of fused-ring (bicyclic) bond motifs is 1. The van der Waals surface area contributed by atoms with Gasteiger partial charge in [-0.25, -0.2) is 4.98 Å². The number of nitrogens with one attached hydrogen (secondary N) is 2. The molecule has 1 atom stereocenters. The number of hydrogen-bond donors (Lipinski definition) is 2. The topological polar surface area (TPSA) is 105 Å². The van der Waals surface area contributed by atoms with Gasteiger partial charge in [0.05, 0.1) is 0 Å². The third-order valence-corrected chi connectivity index (χ3v) is 5.51. The molecule has 9 nitrogen and oxygen atoms in total. The molecule has 0 saturated carbocycles. The van der Waals surface area contributed by atoms with Gasteiger partial charge in [-0.05, 0) is 58.5 Å². The molecule has 0 amide bonds. The lowest BCUT2D eigenvalue weighted by Crippen LogP contribution is -2.38. The molecule has 1 aliphatic heterocycles. The summed E-state index contributed by atoms with van der Waals surface area (Å²) in [6.07, 6.45) is 5.99. The minimum Gasteiger partial charge on any atom is -0.473 e. The van der Waals surface area contributed by atoms with Crippen LogP contribution >= 0.6 is 0 Å². The molecule has 4 heterocycles. The number of rotatable bonds is 6. The Morgan fingerprint density at radius 2 is 2.16 bits per heavy atom. The van der Waals surface area contributed by atoms with Crippen LogP contribution in [0.2, 0.25) is 0 Å². The van der Waals surface area contributed by atoms with E-state index in [9.17, 15) is 0 Å². The zero-order valence-electron chi connectivity index (χ0n) is 18.5. The van der Waals surface area contributed by atoms with Gasteiger partial charge in [-0.1, -0.05) is 5.10 Å². The maximum absolute atomic E-state index is 6.16. The molecule has 1 saturated heterocycles. The second-order valence-electron chi connectivity index (χ2n) is 8.54. The van der Waals surface area contributed by atoms with Crippen LogP contribution in [0.1, 0.15) is 26.7 Å². The van der Waals surface area contributed by atoms with E-state index in [4.69, 9.17) is 14.1 Å². The number of aromatic nitrogens is 5. The third-order valence-electron chi connectivity index (χ3n) is 5.51. The summed E-state index contributed by atoms with van der Waals surface area (Å²) < 4.78 is 11.9. The molecule has 1 fully saturated rings. The lowest BCUT2D eigenvalue weighted by Gasteiger charge is -2.29. The molecule has 0 bridgehead atoms. The summed E-state index contributed by atoms with van der Waals surface area (Å²) in [5.41, 5.74) is 2.71. The Balaban J connectivity index is 1.43. The fourth-order valence-electron chi connectivity index (χ4n) is 4.01. The fourth-order valence-corrected chi connectivity index (χ4v) is 4.01. The number of ether oxygens (including phenoxy) is 1. The summed E-state index contributed by atoms with van der Waals surface area (Å²) in [6.45, 7) is 6.06. The van der Waals surface area contributed by atoms with E-state index in [0.29, 0.717) is 23.6 Å². The second kappa shape index (κ2) is 8.58. The Hall–Kier alpha value is -3.46. The summed E-state index contributed by atoms with van der Waals surface area (Å²) in [4.78, 5) is 14.8. The van der Waals surface area contributed by atoms with Crippen molar-refractivity contribution < 1.29 is 9.15 Å². The van der Waals surface area contributed by atoms with Crippen molar-refractivity contribution in [2.45, 2.75) is 38.8 Å². The molecule has 9 heteroatoms. The van der Waals surface area contributed by atoms with Crippen LogP contribution in [0.4, 0.5) is 6.01 Å². The Kier molecular flexibility index (Phi) is 5.48. The van der Waals surface area contributed by atoms with Crippen LogP contribution in [0.25, 0.3) is 33.7 Å². The molecule has 1 unspecified atom stereocenters. The zero-order valence-corrected chi connectivity index (χ0v) is 18.5. The molecule has 4 aromatic rings. The van der Waals surface area contributed by atoms with Gasteiger partial charge in [-0.2, -0.15) is 4.98 Å². The number of piperidine rings is 1. The molecule has 32 heavy (non-hydrogen) atoms. The molecular weight excluding hydrogens is 406 g/mol. The Morgan fingerprint density at radius 1 is 1.25 bits per heavy atom. The highest BCUT2D eigenvalue weighted by Gasteiger charge is 2.20. The average molecular weight is 434 g/mol. The first-order chi connectivity index (χ1) is 15.5. The van der Waals surface area contributed by atoms with Crippen LogP contribution in [-0.4, -0.2) is 62.3 Å². The largest absolute Gasteiger partial charge is 0.473 e. The van der Waals surface area contributed by atoms with Crippen LogP contribution in [0.3, 0.4) is 0 Å². The SMILES string of the molecule is CC(C)Nc1nnc(-c2ccc3[nH]cc(-c4nccc(OC5CCCN(C)C5)n4)c3c2)o1. The van der Waals surface area contributed by atoms with Crippen LogP contribution in [0.5, 0.6) is 5.88 Å². The summed E-state index contributed by atoms with van der Waals surface area (Å²) in [6, 6.07) is 8.40. The minimum absolute atomic E-state index is 0.150. The van der Waals surface area contributed by atoms with E-state index in [2.05, 4.69) is 37.4 Å². The molecule has 2 N–H and O–H groups in total. The summed E-state index contributed by atoms with van der Waals surface area (Å²) in [7, 11) is 2.12. The molecular formula is C23H27N7O2. The maximum Gasteiger partial charge on any atom is 0.315 e. The number of H-pyrrole nitrogens is 1. The van der Waals surface area contributed by atoms with Crippen molar-refractivity contribution >= 4 is 16.9 Å². The van der Waals surface area contributed by atoms with Gasteiger partial charge in [0.1, 0.15) is 6.10 Å². The Morgan fingerprint density at radius 3 is 3.00 bits per heavy atom. The van der Waals surface area contributed by atoms with Crippen molar-refractivity contribution in [2.75, 3.05) is 25.5 Å². The molecule has 3 aromatic heterocycles. The van der Waals surface area contributed by atoms with Crippen molar-refractivity contribution in [3.05, 3.63) is 36.7 Å². The van der Waals surface area contributed by atoms with Crippen LogP contribution in [0, 0.1) is 0 Å². The fraction of sp³-hybridized carbons (Fsp3) is 0.391. The number of aromatic amines is 1. The summed E-state index contributed by atoms with van der Waals surface area (Å²) >= 11 is 0. The van der Waals surface area contributed by atoms with Crippen molar-refractivity contribution in [3.8, 4) is 28.7 Å². The lowest BCUT2D eigenvalue weighted by atomic mass is 10.1. The van der Waals surface area contributed by atoms with Crippen LogP contribution in [0.15, 0.2) is 41.1 Å². The van der Waals surface area contributed by atoms with Crippen molar-refractivity contribution in [2.24, 2.45) is 0 Å². The Bertz CT molecular complexity index is 1220. The molecule has 1 aromatic carbocycles. The highest BCUT2D eigenvalue weighted by atomic mass is 16.5. The number of likely N-dealkylation sites (tertiary alicyclic amines) is 1. The van der Waals surface area contributed by atoms with Crippen LogP contribution < -0.4 is 10.1 Å².